The molecule has 0 saturated carbocycles. The number of allylic oxidation sites excluding steroid dienone is 5. The molecule has 0 spiro atoms. The van der Waals surface area contributed by atoms with E-state index in [1.807, 2.05) is 55.5 Å². The molecule has 0 saturated heterocycles. The fraction of sp³-hybridized carbons (Fsp3) is 0.0135. The summed E-state index contributed by atoms with van der Waals surface area (Å²) in [5.41, 5.74) is 19.4. The van der Waals surface area contributed by atoms with Crippen molar-refractivity contribution in [3.63, 3.8) is 0 Å². The monoisotopic (exact) mass is 1010 g/mol. The zero-order valence-electron chi connectivity index (χ0n) is 43.5. The lowest BCUT2D eigenvalue weighted by Crippen LogP contribution is -2.01. The van der Waals surface area contributed by atoms with Crippen molar-refractivity contribution in [3.8, 4) is 90.0 Å². The van der Waals surface area contributed by atoms with Crippen molar-refractivity contribution in [2.75, 3.05) is 0 Å². The second-order valence-electron chi connectivity index (χ2n) is 19.9. The Morgan fingerprint density at radius 1 is 0.304 bits per heavy atom. The molecule has 79 heavy (non-hydrogen) atoms. The van der Waals surface area contributed by atoms with E-state index in [1.165, 1.54) is 82.3 Å². The van der Waals surface area contributed by atoms with Crippen LogP contribution in [0.2, 0.25) is 0 Å². The molecule has 11 aromatic carbocycles. The minimum Gasteiger partial charge on any atom is -0.309 e. The van der Waals surface area contributed by atoms with Crippen molar-refractivity contribution in [3.05, 3.63) is 286 Å². The van der Waals surface area contributed by atoms with E-state index in [1.54, 1.807) is 6.08 Å². The van der Waals surface area contributed by atoms with Gasteiger partial charge in [-0.1, -0.05) is 225 Å². The van der Waals surface area contributed by atoms with E-state index in [4.69, 9.17) is 15.0 Å². The van der Waals surface area contributed by atoms with E-state index in [-0.39, 0.29) is 0 Å². The summed E-state index contributed by atoms with van der Waals surface area (Å²) in [6.07, 6.45) is 9.51. The first kappa shape index (κ1) is 47.0. The minimum absolute atomic E-state index is 0.613. The minimum atomic E-state index is 0.613. The lowest BCUT2D eigenvalue weighted by Gasteiger charge is -2.13. The number of fused-ring (bicyclic) bond motifs is 10. The third-order valence-electron chi connectivity index (χ3n) is 15.2. The molecule has 1 aliphatic carbocycles. The Hall–Kier alpha value is -10.5. The lowest BCUT2D eigenvalue weighted by atomic mass is 9.96. The van der Waals surface area contributed by atoms with Crippen LogP contribution in [-0.4, -0.2) is 24.1 Å². The zero-order valence-corrected chi connectivity index (χ0v) is 43.5. The van der Waals surface area contributed by atoms with Gasteiger partial charge < -0.3 is 9.13 Å². The fourth-order valence-corrected chi connectivity index (χ4v) is 11.7. The molecule has 0 fully saturated rings. The first-order chi connectivity index (χ1) is 39.1. The van der Waals surface area contributed by atoms with Gasteiger partial charge in [0.15, 0.2) is 17.5 Å². The topological polar surface area (TPSA) is 48.5 Å². The van der Waals surface area contributed by atoms with Crippen molar-refractivity contribution in [1.82, 2.24) is 24.1 Å². The molecular weight excluding hydrogens is 959 g/mol. The molecule has 0 N–H and O–H groups in total. The number of rotatable bonds is 9. The molecule has 0 unspecified atom stereocenters. The average Bonchev–Trinajstić information content (AvgIpc) is 4.07. The van der Waals surface area contributed by atoms with Crippen molar-refractivity contribution in [1.29, 1.82) is 0 Å². The summed E-state index contributed by atoms with van der Waals surface area (Å²) in [7, 11) is 0. The van der Waals surface area contributed by atoms with Crippen molar-refractivity contribution < 1.29 is 0 Å². The van der Waals surface area contributed by atoms with Crippen LogP contribution < -0.4 is 0 Å². The van der Waals surface area contributed by atoms with E-state index >= 15 is 0 Å². The zero-order chi connectivity index (χ0) is 52.8. The van der Waals surface area contributed by atoms with Gasteiger partial charge in [-0.05, 0) is 123 Å². The Labute approximate surface area is 458 Å². The summed E-state index contributed by atoms with van der Waals surface area (Å²) in [6.45, 7) is 5.49. The Balaban J connectivity index is 0.000000759. The van der Waals surface area contributed by atoms with E-state index < -0.39 is 0 Å². The molecular formula is C74H51N5. The van der Waals surface area contributed by atoms with Crippen LogP contribution in [0.15, 0.2) is 286 Å². The van der Waals surface area contributed by atoms with Gasteiger partial charge in [-0.2, -0.15) is 0 Å². The molecule has 0 amide bonds. The highest BCUT2D eigenvalue weighted by Crippen LogP contribution is 2.51. The van der Waals surface area contributed by atoms with Gasteiger partial charge in [0.05, 0.1) is 22.1 Å². The average molecular weight is 1010 g/mol. The SMILES string of the molecule is C=C/C=C\C=C/C.c1ccc(-c2ccc(-c3nc(-c4ccccc4)nc(-c4cccc(-n5c6ccc(-c7ccc8c(c7)c7ccccc7n8-c7ccccc7)cc6c6c7cccc8c7c(cc65)-c5ccccc5-8)c4)n3)cc2)cc1. The van der Waals surface area contributed by atoms with E-state index in [0.29, 0.717) is 17.5 Å². The Morgan fingerprint density at radius 2 is 0.785 bits per heavy atom. The third kappa shape index (κ3) is 8.24. The molecule has 1 aliphatic rings. The Morgan fingerprint density at radius 3 is 1.49 bits per heavy atom. The number of hydrogen-bond acceptors (Lipinski definition) is 3. The van der Waals surface area contributed by atoms with Gasteiger partial charge in [0.25, 0.3) is 0 Å². The van der Waals surface area contributed by atoms with Crippen LogP contribution in [-0.2, 0) is 0 Å². The molecule has 372 valence electrons. The van der Waals surface area contributed by atoms with Crippen molar-refractivity contribution >= 4 is 54.4 Å². The standard InChI is InChI=1S/C67H41N5.C7H10/c1-4-16-42(17-5-1)43-30-32-45(33-31-43)66-68-65(44-18-6-2-7-19-44)69-67(70-66)48-20-14-23-50(38-48)72-61-37-35-47(46-34-36-60-56(39-46)53-26-12-13-29-59(53)71(60)49-21-8-3-9-22-49)40-58(61)64-55-28-15-27-54-51-24-10-11-25-52(51)57(63(54)55)41-62(64)72;1-3-5-7-6-4-2/h1-41H;3-7H,1H2,2H3/b;6-4-,7-5-. The van der Waals surface area contributed by atoms with E-state index in [2.05, 4.69) is 240 Å². The predicted octanol–water partition coefficient (Wildman–Crippen LogP) is 19.5. The van der Waals surface area contributed by atoms with Crippen LogP contribution in [0, 0.1) is 0 Å². The number of para-hydroxylation sites is 2. The summed E-state index contributed by atoms with van der Waals surface area (Å²) in [5.74, 6) is 1.87. The van der Waals surface area contributed by atoms with Crippen LogP contribution in [0.3, 0.4) is 0 Å². The largest absolute Gasteiger partial charge is 0.309 e. The first-order valence-electron chi connectivity index (χ1n) is 26.8. The molecule has 5 heteroatoms. The Kier molecular flexibility index (Phi) is 11.8. The summed E-state index contributed by atoms with van der Waals surface area (Å²) in [5, 5.41) is 7.47. The fourth-order valence-electron chi connectivity index (χ4n) is 11.7. The van der Waals surface area contributed by atoms with Crippen LogP contribution in [0.1, 0.15) is 6.92 Å². The Bertz CT molecular complexity index is 4720. The predicted molar refractivity (Wildman–Crippen MR) is 332 cm³/mol. The molecule has 0 atom stereocenters. The molecule has 0 bridgehead atoms. The molecule has 3 heterocycles. The van der Waals surface area contributed by atoms with Gasteiger partial charge in [0, 0.05) is 49.6 Å². The third-order valence-corrected chi connectivity index (χ3v) is 15.2. The number of aromatic nitrogens is 5. The normalized spacial score (nSPS) is 11.8. The molecule has 0 radical (unpaired) electrons. The molecule has 14 aromatic rings. The second kappa shape index (κ2) is 19.9. The quantitative estimate of drug-likeness (QED) is 0.135. The molecule has 15 rings (SSSR count). The summed E-state index contributed by atoms with van der Waals surface area (Å²) in [6, 6.07) is 89.3. The van der Waals surface area contributed by atoms with Gasteiger partial charge in [0.2, 0.25) is 0 Å². The lowest BCUT2D eigenvalue weighted by molar-refractivity contribution is 1.07. The van der Waals surface area contributed by atoms with Crippen LogP contribution in [0.4, 0.5) is 0 Å². The van der Waals surface area contributed by atoms with Crippen molar-refractivity contribution in [2.45, 2.75) is 6.92 Å². The van der Waals surface area contributed by atoms with Crippen LogP contribution in [0.25, 0.3) is 144 Å². The maximum Gasteiger partial charge on any atom is 0.164 e. The van der Waals surface area contributed by atoms with Crippen LogP contribution in [0.5, 0.6) is 0 Å². The summed E-state index contributed by atoms with van der Waals surface area (Å²) >= 11 is 0. The van der Waals surface area contributed by atoms with Gasteiger partial charge in [-0.15, -0.1) is 0 Å². The van der Waals surface area contributed by atoms with Gasteiger partial charge in [-0.3, -0.25) is 0 Å². The summed E-state index contributed by atoms with van der Waals surface area (Å²) < 4.78 is 4.82. The molecule has 5 nitrogen and oxygen atoms in total. The van der Waals surface area contributed by atoms with E-state index in [9.17, 15) is 0 Å². The maximum absolute atomic E-state index is 5.22. The van der Waals surface area contributed by atoms with E-state index in [0.717, 1.165) is 44.7 Å². The number of hydrogen-bond donors (Lipinski definition) is 0. The smallest absolute Gasteiger partial charge is 0.164 e. The summed E-state index contributed by atoms with van der Waals surface area (Å²) in [4.78, 5) is 15.5. The molecule has 3 aromatic heterocycles. The van der Waals surface area contributed by atoms with Gasteiger partial charge in [-0.25, -0.2) is 15.0 Å². The second-order valence-corrected chi connectivity index (χ2v) is 19.9. The van der Waals surface area contributed by atoms with Gasteiger partial charge >= 0.3 is 0 Å². The maximum atomic E-state index is 5.22. The highest BCUT2D eigenvalue weighted by atomic mass is 15.0. The first-order valence-corrected chi connectivity index (χ1v) is 26.8. The number of benzene rings is 11. The highest BCUT2D eigenvalue weighted by molar-refractivity contribution is 6.29. The van der Waals surface area contributed by atoms with Gasteiger partial charge in [0.1, 0.15) is 0 Å². The highest BCUT2D eigenvalue weighted by Gasteiger charge is 2.26. The van der Waals surface area contributed by atoms with Crippen LogP contribution >= 0.6 is 0 Å². The molecule has 0 aliphatic heterocycles. The van der Waals surface area contributed by atoms with Crippen molar-refractivity contribution in [2.24, 2.45) is 0 Å². The number of nitrogens with zero attached hydrogens (tertiary/aromatic N) is 5.